The Morgan fingerprint density at radius 1 is 1.42 bits per heavy atom. The van der Waals surface area contributed by atoms with Gasteiger partial charge in [0.1, 0.15) is 12.2 Å². The summed E-state index contributed by atoms with van der Waals surface area (Å²) in [4.78, 5) is 36.9. The molecule has 0 unspecified atom stereocenters. The molecule has 0 aromatic heterocycles. The molecule has 24 heavy (non-hydrogen) atoms. The lowest BCUT2D eigenvalue weighted by Gasteiger charge is -2.39. The van der Waals surface area contributed by atoms with Gasteiger partial charge in [-0.25, -0.2) is 9.59 Å². The summed E-state index contributed by atoms with van der Waals surface area (Å²) in [5, 5.41) is 0. The molecule has 1 aliphatic heterocycles. The Balaban J connectivity index is 2.10. The van der Waals surface area contributed by atoms with E-state index < -0.39 is 35.5 Å². The molecule has 2 fully saturated rings. The zero-order chi connectivity index (χ0) is 17.8. The van der Waals surface area contributed by atoms with Gasteiger partial charge in [-0.05, 0) is 38.2 Å². The number of hydrogen-bond acceptors (Lipinski definition) is 5. The summed E-state index contributed by atoms with van der Waals surface area (Å²) in [5.41, 5.74) is -0.410. The Labute approximate surface area is 141 Å². The fourth-order valence-electron chi connectivity index (χ4n) is 4.36. The summed E-state index contributed by atoms with van der Waals surface area (Å²) in [6, 6.07) is 0. The Kier molecular flexibility index (Phi) is 3.78. The first-order valence-corrected chi connectivity index (χ1v) is 8.16. The van der Waals surface area contributed by atoms with Crippen LogP contribution in [0, 0.1) is 23.2 Å². The summed E-state index contributed by atoms with van der Waals surface area (Å²) < 4.78 is 11.2. The van der Waals surface area contributed by atoms with E-state index in [1.165, 1.54) is 0 Å². The maximum atomic E-state index is 12.7. The lowest BCUT2D eigenvalue weighted by atomic mass is 9.67. The van der Waals surface area contributed by atoms with Gasteiger partial charge in [0.15, 0.2) is 5.78 Å². The number of ketones is 1. The van der Waals surface area contributed by atoms with Crippen molar-refractivity contribution in [1.29, 1.82) is 0 Å². The minimum absolute atomic E-state index is 0.0787. The molecule has 0 aromatic carbocycles. The SMILES string of the molecule is C=C(C)C(=O)O[C@H]1[C@@H]2C(=C)C(=O)O[C@@H]2C[C@H](C)[C@@H]2C=CC(=O)[C@]21C. The van der Waals surface area contributed by atoms with Crippen molar-refractivity contribution >= 4 is 17.7 Å². The van der Waals surface area contributed by atoms with Gasteiger partial charge in [-0.15, -0.1) is 0 Å². The normalized spacial score (nSPS) is 40.6. The van der Waals surface area contributed by atoms with Crippen LogP contribution in [0.3, 0.4) is 0 Å². The Bertz CT molecular complexity index is 688. The third kappa shape index (κ3) is 2.18. The molecule has 5 nitrogen and oxygen atoms in total. The van der Waals surface area contributed by atoms with E-state index in [1.807, 2.05) is 19.9 Å². The van der Waals surface area contributed by atoms with E-state index in [9.17, 15) is 14.4 Å². The Morgan fingerprint density at radius 2 is 2.08 bits per heavy atom. The molecule has 0 bridgehead atoms. The monoisotopic (exact) mass is 330 g/mol. The first-order valence-electron chi connectivity index (χ1n) is 8.16. The fraction of sp³-hybridized carbons (Fsp3) is 0.526. The first kappa shape index (κ1) is 16.7. The van der Waals surface area contributed by atoms with Crippen molar-refractivity contribution in [3.05, 3.63) is 36.5 Å². The number of carbonyl (C=O) groups excluding carboxylic acids is 3. The predicted molar refractivity (Wildman–Crippen MR) is 86.7 cm³/mol. The molecule has 1 saturated carbocycles. The highest BCUT2D eigenvalue weighted by atomic mass is 16.6. The quantitative estimate of drug-likeness (QED) is 0.574. The number of hydrogen-bond donors (Lipinski definition) is 0. The molecule has 0 N–H and O–H groups in total. The molecule has 5 heteroatoms. The van der Waals surface area contributed by atoms with Crippen molar-refractivity contribution in [3.63, 3.8) is 0 Å². The highest BCUT2D eigenvalue weighted by Gasteiger charge is 2.62. The summed E-state index contributed by atoms with van der Waals surface area (Å²) in [6.07, 6.45) is 2.83. The van der Waals surface area contributed by atoms with Gasteiger partial charge in [-0.3, -0.25) is 4.79 Å². The van der Waals surface area contributed by atoms with Gasteiger partial charge in [0.25, 0.3) is 0 Å². The smallest absolute Gasteiger partial charge is 0.334 e. The molecular weight excluding hydrogens is 308 g/mol. The summed E-state index contributed by atoms with van der Waals surface area (Å²) in [6.45, 7) is 12.8. The van der Waals surface area contributed by atoms with Crippen LogP contribution < -0.4 is 0 Å². The lowest BCUT2D eigenvalue weighted by Crippen LogP contribution is -2.49. The lowest BCUT2D eigenvalue weighted by molar-refractivity contribution is -0.160. The van der Waals surface area contributed by atoms with Crippen molar-refractivity contribution < 1.29 is 23.9 Å². The van der Waals surface area contributed by atoms with Crippen LogP contribution in [0.2, 0.25) is 0 Å². The van der Waals surface area contributed by atoms with Gasteiger partial charge in [-0.2, -0.15) is 0 Å². The van der Waals surface area contributed by atoms with E-state index in [4.69, 9.17) is 9.47 Å². The molecule has 2 aliphatic carbocycles. The largest absolute Gasteiger partial charge is 0.458 e. The average Bonchev–Trinajstić information content (AvgIpc) is 2.92. The van der Waals surface area contributed by atoms with Crippen LogP contribution in [-0.2, 0) is 23.9 Å². The number of esters is 2. The van der Waals surface area contributed by atoms with Gasteiger partial charge in [0.2, 0.25) is 0 Å². The van der Waals surface area contributed by atoms with Crippen molar-refractivity contribution in [1.82, 2.24) is 0 Å². The fourth-order valence-corrected chi connectivity index (χ4v) is 4.36. The second-order valence-corrected chi connectivity index (χ2v) is 7.35. The van der Waals surface area contributed by atoms with E-state index in [1.54, 1.807) is 13.0 Å². The first-order chi connectivity index (χ1) is 11.2. The Morgan fingerprint density at radius 3 is 2.71 bits per heavy atom. The number of rotatable bonds is 2. The highest BCUT2D eigenvalue weighted by molar-refractivity contribution is 5.99. The minimum atomic E-state index is -0.930. The van der Waals surface area contributed by atoms with E-state index in [0.29, 0.717) is 6.42 Å². The Hall–Kier alpha value is -2.17. The number of fused-ring (bicyclic) bond motifs is 2. The van der Waals surface area contributed by atoms with Crippen LogP contribution in [0.15, 0.2) is 36.5 Å². The number of carbonyl (C=O) groups is 3. The molecule has 0 aromatic rings. The maximum Gasteiger partial charge on any atom is 0.334 e. The third-order valence-corrected chi connectivity index (χ3v) is 5.72. The zero-order valence-corrected chi connectivity index (χ0v) is 14.2. The molecule has 0 amide bonds. The molecule has 3 aliphatic rings. The van der Waals surface area contributed by atoms with Crippen LogP contribution in [0.5, 0.6) is 0 Å². The molecule has 1 heterocycles. The van der Waals surface area contributed by atoms with Crippen LogP contribution in [0.25, 0.3) is 0 Å². The maximum absolute atomic E-state index is 12.7. The number of allylic oxidation sites excluding steroid dienone is 2. The van der Waals surface area contributed by atoms with Gasteiger partial charge in [-0.1, -0.05) is 26.2 Å². The van der Waals surface area contributed by atoms with E-state index in [2.05, 4.69) is 13.2 Å². The van der Waals surface area contributed by atoms with Crippen molar-refractivity contribution in [2.24, 2.45) is 23.2 Å². The molecular formula is C19H22O5. The van der Waals surface area contributed by atoms with Gasteiger partial charge in [0.05, 0.1) is 11.3 Å². The van der Waals surface area contributed by atoms with Gasteiger partial charge < -0.3 is 9.47 Å². The minimum Gasteiger partial charge on any atom is -0.458 e. The van der Waals surface area contributed by atoms with Crippen molar-refractivity contribution in [2.45, 2.75) is 39.4 Å². The van der Waals surface area contributed by atoms with E-state index in [-0.39, 0.29) is 28.8 Å². The van der Waals surface area contributed by atoms with Crippen molar-refractivity contribution in [3.8, 4) is 0 Å². The van der Waals surface area contributed by atoms with Gasteiger partial charge >= 0.3 is 11.9 Å². The molecule has 128 valence electrons. The molecule has 1 saturated heterocycles. The molecule has 6 atom stereocenters. The summed E-state index contributed by atoms with van der Waals surface area (Å²) >= 11 is 0. The standard InChI is InChI=1S/C19H22O5/c1-9(2)17(21)24-16-15-11(4)18(22)23-13(15)8-10(3)12-6-7-14(20)19(12,16)5/h6-7,10,12-13,15-16H,1,4,8H2,2-3,5H3/t10-,12-,13+,15+,16-,19-/m0/s1. The molecule has 3 rings (SSSR count). The van der Waals surface area contributed by atoms with Crippen LogP contribution in [0.1, 0.15) is 27.2 Å². The number of ether oxygens (including phenoxy) is 2. The predicted octanol–water partition coefficient (Wildman–Crippen LogP) is 2.37. The molecule has 0 spiro atoms. The second kappa shape index (κ2) is 5.43. The summed E-state index contributed by atoms with van der Waals surface area (Å²) in [5.74, 6) is -1.62. The molecule has 0 radical (unpaired) electrons. The van der Waals surface area contributed by atoms with Crippen LogP contribution in [0.4, 0.5) is 0 Å². The summed E-state index contributed by atoms with van der Waals surface area (Å²) in [7, 11) is 0. The highest BCUT2D eigenvalue weighted by Crippen LogP contribution is 2.54. The van der Waals surface area contributed by atoms with E-state index >= 15 is 0 Å². The van der Waals surface area contributed by atoms with Crippen LogP contribution in [-0.4, -0.2) is 29.9 Å². The van der Waals surface area contributed by atoms with E-state index in [0.717, 1.165) is 0 Å². The topological polar surface area (TPSA) is 69.7 Å². The van der Waals surface area contributed by atoms with Crippen molar-refractivity contribution in [2.75, 3.05) is 0 Å². The zero-order valence-electron chi connectivity index (χ0n) is 14.2. The third-order valence-electron chi connectivity index (χ3n) is 5.72. The second-order valence-electron chi connectivity index (χ2n) is 7.35. The average molecular weight is 330 g/mol. The van der Waals surface area contributed by atoms with Gasteiger partial charge in [0, 0.05) is 11.1 Å². The van der Waals surface area contributed by atoms with Crippen LogP contribution >= 0.6 is 0 Å².